The predicted molar refractivity (Wildman–Crippen MR) is 115 cm³/mol. The Balaban J connectivity index is 1.59. The maximum Gasteiger partial charge on any atom is 0.417 e. The van der Waals surface area contributed by atoms with Crippen molar-refractivity contribution in [2.24, 2.45) is 0 Å². The summed E-state index contributed by atoms with van der Waals surface area (Å²) in [5.41, 5.74) is 1.56. The van der Waals surface area contributed by atoms with Crippen molar-refractivity contribution >= 4 is 34.8 Å². The smallest absolute Gasteiger partial charge is 0.320 e. The van der Waals surface area contributed by atoms with Crippen molar-refractivity contribution in [1.82, 2.24) is 14.9 Å². The van der Waals surface area contributed by atoms with Gasteiger partial charge in [-0.3, -0.25) is 15.1 Å². The maximum absolute atomic E-state index is 12.6. The molecule has 1 aliphatic heterocycles. The Morgan fingerprint density at radius 2 is 2.00 bits per heavy atom. The molecule has 2 aromatic rings. The van der Waals surface area contributed by atoms with Crippen LogP contribution in [0.4, 0.5) is 23.8 Å². The summed E-state index contributed by atoms with van der Waals surface area (Å²) in [6.07, 6.45) is 1.82. The van der Waals surface area contributed by atoms with Crippen LogP contribution in [-0.4, -0.2) is 39.8 Å². The van der Waals surface area contributed by atoms with Gasteiger partial charge in [0.15, 0.2) is 0 Å². The van der Waals surface area contributed by atoms with E-state index < -0.39 is 17.8 Å². The highest BCUT2D eigenvalue weighted by molar-refractivity contribution is 6.32. The maximum atomic E-state index is 12.6. The minimum atomic E-state index is -4.48. The summed E-state index contributed by atoms with van der Waals surface area (Å²) in [5, 5.41) is 2.99. The molecule has 1 N–H and O–H groups in total. The van der Waals surface area contributed by atoms with Crippen molar-refractivity contribution in [1.29, 1.82) is 0 Å². The summed E-state index contributed by atoms with van der Waals surface area (Å²) >= 11 is 6.39. The van der Waals surface area contributed by atoms with Gasteiger partial charge in [-0.25, -0.2) is 9.78 Å². The first-order chi connectivity index (χ1) is 15.2. The fraction of sp³-hybridized carbons (Fsp3) is 0.364. The zero-order valence-electron chi connectivity index (χ0n) is 17.4. The molecule has 0 saturated heterocycles. The lowest BCUT2D eigenvalue weighted by molar-refractivity contribution is -0.137. The minimum absolute atomic E-state index is 0.0413. The summed E-state index contributed by atoms with van der Waals surface area (Å²) in [5.74, 6) is 0.227. The number of aromatic nitrogens is 2. The number of halogens is 4. The third-order valence-corrected chi connectivity index (χ3v) is 5.40. The summed E-state index contributed by atoms with van der Waals surface area (Å²) in [6.45, 7) is 2.52. The molecular formula is C22H22ClF3N4O2. The van der Waals surface area contributed by atoms with Crippen LogP contribution >= 0.6 is 11.6 Å². The number of hydrogen-bond acceptors (Lipinski definition) is 4. The number of nitrogens with zero attached hydrogens (tertiary/aromatic N) is 3. The Bertz CT molecular complexity index is 1020. The third-order valence-electron chi connectivity index (χ3n) is 5.11. The van der Waals surface area contributed by atoms with Gasteiger partial charge in [-0.15, -0.1) is 0 Å². The van der Waals surface area contributed by atoms with Crippen LogP contribution in [0.1, 0.15) is 43.0 Å². The molecular weight excluding hydrogens is 445 g/mol. The topological polar surface area (TPSA) is 75.2 Å². The Labute approximate surface area is 188 Å². The first kappa shape index (κ1) is 23.7. The quantitative estimate of drug-likeness (QED) is 0.620. The van der Waals surface area contributed by atoms with Crippen LogP contribution in [0.15, 0.2) is 36.7 Å². The van der Waals surface area contributed by atoms with Gasteiger partial charge >= 0.3 is 12.2 Å². The number of carbonyl (C=O) groups excluding carboxylic acids is 2. The lowest BCUT2D eigenvalue weighted by atomic mass is 10.0. The van der Waals surface area contributed by atoms with Gasteiger partial charge < -0.3 is 4.90 Å². The van der Waals surface area contributed by atoms with E-state index in [4.69, 9.17) is 11.6 Å². The highest BCUT2D eigenvalue weighted by Gasteiger charge is 2.30. The predicted octanol–water partition coefficient (Wildman–Crippen LogP) is 5.38. The van der Waals surface area contributed by atoms with Gasteiger partial charge in [0.2, 0.25) is 0 Å². The van der Waals surface area contributed by atoms with Crippen molar-refractivity contribution in [2.75, 3.05) is 18.4 Å². The van der Waals surface area contributed by atoms with Crippen LogP contribution in [-0.2, 0) is 17.4 Å². The highest BCUT2D eigenvalue weighted by atomic mass is 35.5. The number of pyridine rings is 2. The standard InChI is InChI=1S/C22H22ClF3N4O2/c1-2-17(31)5-3-14-11-18(23)20(28-12-14)15-7-9-30(10-8-15)21(32)29-19-6-4-16(13-27-19)22(24,25)26/h4,6-7,11-13H,2-3,5,8-10H2,1H3,(H,27,29,32). The molecule has 1 aliphatic rings. The van der Waals surface area contributed by atoms with Crippen LogP contribution in [0.25, 0.3) is 5.57 Å². The number of nitrogens with one attached hydrogen (secondary N) is 1. The molecule has 32 heavy (non-hydrogen) atoms. The van der Waals surface area contributed by atoms with Crippen molar-refractivity contribution in [2.45, 2.75) is 38.8 Å². The SMILES string of the molecule is CCC(=O)CCc1cnc(C2=CCN(C(=O)Nc3ccc(C(F)(F)F)cn3)CC2)c(Cl)c1. The van der Waals surface area contributed by atoms with E-state index in [0.717, 1.165) is 23.3 Å². The van der Waals surface area contributed by atoms with Crippen molar-refractivity contribution in [3.05, 3.63) is 58.5 Å². The summed E-state index contributed by atoms with van der Waals surface area (Å²) in [7, 11) is 0. The number of anilines is 1. The molecule has 0 aliphatic carbocycles. The van der Waals surface area contributed by atoms with Crippen molar-refractivity contribution in [3.8, 4) is 0 Å². The first-order valence-electron chi connectivity index (χ1n) is 10.1. The summed E-state index contributed by atoms with van der Waals surface area (Å²) in [6, 6.07) is 3.34. The summed E-state index contributed by atoms with van der Waals surface area (Å²) in [4.78, 5) is 33.5. The fourth-order valence-corrected chi connectivity index (χ4v) is 3.51. The average Bonchev–Trinajstić information content (AvgIpc) is 2.77. The van der Waals surface area contributed by atoms with Gasteiger partial charge in [0.1, 0.15) is 11.6 Å². The molecule has 170 valence electrons. The number of carbonyl (C=O) groups is 2. The molecule has 0 spiro atoms. The number of aryl methyl sites for hydroxylation is 1. The molecule has 2 aromatic heterocycles. The molecule has 0 bridgehead atoms. The van der Waals surface area contributed by atoms with Crippen LogP contribution in [0.2, 0.25) is 5.02 Å². The molecule has 10 heteroatoms. The van der Waals surface area contributed by atoms with Crippen LogP contribution in [0.3, 0.4) is 0 Å². The second-order valence-corrected chi connectivity index (χ2v) is 7.76. The van der Waals surface area contributed by atoms with E-state index in [0.29, 0.717) is 55.7 Å². The van der Waals surface area contributed by atoms with Crippen molar-refractivity contribution in [3.63, 3.8) is 0 Å². The third kappa shape index (κ3) is 6.06. The Hall–Kier alpha value is -2.94. The van der Waals surface area contributed by atoms with Crippen molar-refractivity contribution < 1.29 is 22.8 Å². The van der Waals surface area contributed by atoms with Gasteiger partial charge in [-0.2, -0.15) is 13.2 Å². The molecule has 0 atom stereocenters. The average molecular weight is 467 g/mol. The molecule has 0 fully saturated rings. The van der Waals surface area contributed by atoms with E-state index >= 15 is 0 Å². The number of hydrogen-bond donors (Lipinski definition) is 1. The van der Waals surface area contributed by atoms with E-state index in [-0.39, 0.29) is 11.6 Å². The lowest BCUT2D eigenvalue weighted by Gasteiger charge is -2.26. The Kier molecular flexibility index (Phi) is 7.50. The number of urea groups is 1. The number of amides is 2. The zero-order valence-corrected chi connectivity index (χ0v) is 18.1. The number of rotatable bonds is 6. The largest absolute Gasteiger partial charge is 0.417 e. The number of alkyl halides is 3. The molecule has 2 amide bonds. The van der Waals surface area contributed by atoms with Gasteiger partial charge in [0.25, 0.3) is 0 Å². The van der Waals surface area contributed by atoms with E-state index in [9.17, 15) is 22.8 Å². The summed E-state index contributed by atoms with van der Waals surface area (Å²) < 4.78 is 37.8. The normalized spacial score (nSPS) is 14.2. The zero-order chi connectivity index (χ0) is 23.3. The molecule has 3 rings (SSSR count). The van der Waals surface area contributed by atoms with E-state index in [2.05, 4.69) is 15.3 Å². The van der Waals surface area contributed by atoms with Gasteiger partial charge in [-0.05, 0) is 42.2 Å². The molecule has 0 radical (unpaired) electrons. The number of ketones is 1. The molecule has 6 nitrogen and oxygen atoms in total. The monoisotopic (exact) mass is 466 g/mol. The van der Waals surface area contributed by atoms with Gasteiger partial charge in [-0.1, -0.05) is 24.6 Å². The molecule has 3 heterocycles. The minimum Gasteiger partial charge on any atom is -0.320 e. The molecule has 0 saturated carbocycles. The first-order valence-corrected chi connectivity index (χ1v) is 10.5. The molecule has 0 unspecified atom stereocenters. The van der Waals surface area contributed by atoms with Gasteiger partial charge in [0.05, 0.1) is 16.3 Å². The van der Waals surface area contributed by atoms with Gasteiger partial charge in [0, 0.05) is 38.3 Å². The Morgan fingerprint density at radius 1 is 1.22 bits per heavy atom. The second kappa shape index (κ2) is 10.1. The van der Waals surface area contributed by atoms with E-state index in [1.54, 1.807) is 6.20 Å². The molecule has 0 aromatic carbocycles. The lowest BCUT2D eigenvalue weighted by Crippen LogP contribution is -2.38. The van der Waals surface area contributed by atoms with Crippen LogP contribution < -0.4 is 5.32 Å². The van der Waals surface area contributed by atoms with E-state index in [1.165, 1.54) is 4.90 Å². The van der Waals surface area contributed by atoms with E-state index in [1.807, 2.05) is 19.1 Å². The fourth-order valence-electron chi connectivity index (χ4n) is 3.20. The van der Waals surface area contributed by atoms with Crippen LogP contribution in [0, 0.1) is 0 Å². The second-order valence-electron chi connectivity index (χ2n) is 7.35. The highest BCUT2D eigenvalue weighted by Crippen LogP contribution is 2.30. The van der Waals surface area contributed by atoms with Crippen LogP contribution in [0.5, 0.6) is 0 Å². The Morgan fingerprint density at radius 3 is 2.56 bits per heavy atom. The number of Topliss-reactive ketones (excluding diaryl/α,β-unsaturated/α-hetero) is 1.